The Morgan fingerprint density at radius 1 is 1.30 bits per heavy atom. The smallest absolute Gasteiger partial charge is 0.317 e. The number of hydrogen-bond acceptors (Lipinski definition) is 3. The van der Waals surface area contributed by atoms with Gasteiger partial charge >= 0.3 is 12.0 Å². The molecule has 6 nitrogen and oxygen atoms in total. The van der Waals surface area contributed by atoms with Gasteiger partial charge in [0.25, 0.3) is 0 Å². The van der Waals surface area contributed by atoms with Gasteiger partial charge in [-0.15, -0.1) is 0 Å². The minimum atomic E-state index is -0.833. The molecule has 0 aromatic heterocycles. The highest BCUT2D eigenvalue weighted by molar-refractivity contribution is 5.74. The van der Waals surface area contributed by atoms with Crippen LogP contribution in [0.2, 0.25) is 0 Å². The molecule has 1 saturated carbocycles. The third-order valence-electron chi connectivity index (χ3n) is 4.27. The first kappa shape index (κ1) is 16.8. The SMILES string of the molecule is CC(CCC(=O)O)NC(=O)N(C)CC1(N(C)C)CCC1. The zero-order valence-corrected chi connectivity index (χ0v) is 13.0. The lowest BCUT2D eigenvalue weighted by Crippen LogP contribution is -2.58. The van der Waals surface area contributed by atoms with Crippen LogP contribution in [0.25, 0.3) is 0 Å². The van der Waals surface area contributed by atoms with E-state index in [0.717, 1.165) is 12.8 Å². The van der Waals surface area contributed by atoms with E-state index in [1.807, 2.05) is 6.92 Å². The maximum absolute atomic E-state index is 12.1. The summed E-state index contributed by atoms with van der Waals surface area (Å²) in [5.41, 5.74) is 0.108. The molecule has 0 aromatic rings. The van der Waals surface area contributed by atoms with E-state index in [2.05, 4.69) is 24.3 Å². The molecule has 1 aliphatic carbocycles. The van der Waals surface area contributed by atoms with Crippen molar-refractivity contribution in [3.05, 3.63) is 0 Å². The van der Waals surface area contributed by atoms with Crippen LogP contribution in [-0.4, -0.2) is 66.2 Å². The van der Waals surface area contributed by atoms with Crippen LogP contribution < -0.4 is 5.32 Å². The Morgan fingerprint density at radius 2 is 1.90 bits per heavy atom. The molecule has 0 bridgehead atoms. The predicted molar refractivity (Wildman–Crippen MR) is 77.8 cm³/mol. The summed E-state index contributed by atoms with van der Waals surface area (Å²) in [5, 5.41) is 11.5. The number of urea groups is 1. The standard InChI is InChI=1S/C14H27N3O3/c1-11(6-7-12(18)19)15-13(20)17(4)10-14(16(2)3)8-5-9-14/h11H,5-10H2,1-4H3,(H,15,20)(H,18,19). The van der Waals surface area contributed by atoms with Crippen molar-refractivity contribution in [3.8, 4) is 0 Å². The van der Waals surface area contributed by atoms with Gasteiger partial charge < -0.3 is 20.2 Å². The molecule has 0 radical (unpaired) electrons. The number of carbonyl (C=O) groups excluding carboxylic acids is 1. The average molecular weight is 285 g/mol. The molecule has 1 rings (SSSR count). The summed E-state index contributed by atoms with van der Waals surface area (Å²) in [7, 11) is 5.91. The number of amides is 2. The lowest BCUT2D eigenvalue weighted by Gasteiger charge is -2.49. The second-order valence-corrected chi connectivity index (χ2v) is 6.11. The first-order chi connectivity index (χ1) is 9.27. The summed E-state index contributed by atoms with van der Waals surface area (Å²) in [6.45, 7) is 2.54. The van der Waals surface area contributed by atoms with Gasteiger partial charge in [-0.25, -0.2) is 4.79 Å². The summed E-state index contributed by atoms with van der Waals surface area (Å²) < 4.78 is 0. The van der Waals surface area contributed by atoms with Crippen molar-refractivity contribution < 1.29 is 14.7 Å². The molecule has 2 amide bonds. The molecule has 1 unspecified atom stereocenters. The van der Waals surface area contributed by atoms with Gasteiger partial charge in [-0.1, -0.05) is 0 Å². The van der Waals surface area contributed by atoms with E-state index < -0.39 is 5.97 Å². The molecule has 0 heterocycles. The van der Waals surface area contributed by atoms with Crippen molar-refractivity contribution in [2.45, 2.75) is 50.6 Å². The average Bonchev–Trinajstić information content (AvgIpc) is 2.30. The van der Waals surface area contributed by atoms with Gasteiger partial charge in [0.05, 0.1) is 0 Å². The Bertz CT molecular complexity index is 354. The molecule has 6 heteroatoms. The minimum absolute atomic E-state index is 0.0762. The van der Waals surface area contributed by atoms with Crippen molar-refractivity contribution in [3.63, 3.8) is 0 Å². The molecule has 0 aromatic carbocycles. The van der Waals surface area contributed by atoms with Crippen LogP contribution >= 0.6 is 0 Å². The van der Waals surface area contributed by atoms with Crippen molar-refractivity contribution in [1.82, 2.24) is 15.1 Å². The Balaban J connectivity index is 2.40. The molecule has 1 atom stereocenters. The molecule has 0 aliphatic heterocycles. The lowest BCUT2D eigenvalue weighted by molar-refractivity contribution is -0.137. The van der Waals surface area contributed by atoms with Gasteiger partial charge in [-0.3, -0.25) is 4.79 Å². The largest absolute Gasteiger partial charge is 0.481 e. The summed E-state index contributed by atoms with van der Waals surface area (Å²) in [5.74, 6) is -0.833. The van der Waals surface area contributed by atoms with E-state index in [1.54, 1.807) is 11.9 Å². The van der Waals surface area contributed by atoms with E-state index in [4.69, 9.17) is 5.11 Å². The molecular weight excluding hydrogens is 258 g/mol. The highest BCUT2D eigenvalue weighted by atomic mass is 16.4. The normalized spacial score (nSPS) is 18.2. The third-order valence-corrected chi connectivity index (χ3v) is 4.27. The Kier molecular flexibility index (Phi) is 5.80. The summed E-state index contributed by atoms with van der Waals surface area (Å²) >= 11 is 0. The van der Waals surface area contributed by atoms with Gasteiger partial charge in [0.2, 0.25) is 0 Å². The first-order valence-electron chi connectivity index (χ1n) is 7.18. The van der Waals surface area contributed by atoms with E-state index >= 15 is 0 Å². The second kappa shape index (κ2) is 6.92. The zero-order chi connectivity index (χ0) is 15.3. The first-order valence-corrected chi connectivity index (χ1v) is 7.18. The van der Waals surface area contributed by atoms with Crippen LogP contribution in [0.3, 0.4) is 0 Å². The van der Waals surface area contributed by atoms with Gasteiger partial charge in [0.15, 0.2) is 0 Å². The van der Waals surface area contributed by atoms with E-state index in [-0.39, 0.29) is 24.0 Å². The lowest BCUT2D eigenvalue weighted by atomic mass is 9.75. The molecular formula is C14H27N3O3. The Morgan fingerprint density at radius 3 is 2.30 bits per heavy atom. The van der Waals surface area contributed by atoms with Crippen molar-refractivity contribution >= 4 is 12.0 Å². The number of likely N-dealkylation sites (N-methyl/N-ethyl adjacent to an activating group) is 2. The molecule has 2 N–H and O–H groups in total. The van der Waals surface area contributed by atoms with Crippen LogP contribution in [0.1, 0.15) is 39.0 Å². The fourth-order valence-corrected chi connectivity index (χ4v) is 2.58. The van der Waals surface area contributed by atoms with Gasteiger partial charge in [-0.2, -0.15) is 0 Å². The van der Waals surface area contributed by atoms with Crippen molar-refractivity contribution in [1.29, 1.82) is 0 Å². The number of carboxylic acids is 1. The fourth-order valence-electron chi connectivity index (χ4n) is 2.58. The fraction of sp³-hybridized carbons (Fsp3) is 0.857. The van der Waals surface area contributed by atoms with Crippen LogP contribution in [0.15, 0.2) is 0 Å². The van der Waals surface area contributed by atoms with E-state index in [0.29, 0.717) is 13.0 Å². The predicted octanol–water partition coefficient (Wildman–Crippen LogP) is 1.37. The Labute approximate surface area is 121 Å². The molecule has 1 fully saturated rings. The number of carboxylic acid groups (broad SMARTS) is 1. The van der Waals surface area contributed by atoms with Gasteiger partial charge in [-0.05, 0) is 46.7 Å². The summed E-state index contributed by atoms with van der Waals surface area (Å²) in [6, 6.07) is -0.256. The van der Waals surface area contributed by atoms with Crippen LogP contribution in [0.5, 0.6) is 0 Å². The van der Waals surface area contributed by atoms with Crippen molar-refractivity contribution in [2.24, 2.45) is 0 Å². The number of nitrogens with zero attached hydrogens (tertiary/aromatic N) is 2. The third kappa shape index (κ3) is 4.37. The Hall–Kier alpha value is -1.30. The number of carbonyl (C=O) groups is 2. The van der Waals surface area contributed by atoms with Crippen molar-refractivity contribution in [2.75, 3.05) is 27.7 Å². The molecule has 0 saturated heterocycles. The molecule has 116 valence electrons. The van der Waals surface area contributed by atoms with Crippen LogP contribution in [-0.2, 0) is 4.79 Å². The number of rotatable bonds is 7. The summed E-state index contributed by atoms with van der Waals surface area (Å²) in [4.78, 5) is 26.5. The van der Waals surface area contributed by atoms with Gasteiger partial charge in [0, 0.05) is 31.6 Å². The number of hydrogen-bond donors (Lipinski definition) is 2. The van der Waals surface area contributed by atoms with Gasteiger partial charge in [0.1, 0.15) is 0 Å². The molecule has 20 heavy (non-hydrogen) atoms. The maximum atomic E-state index is 12.1. The molecule has 1 aliphatic rings. The maximum Gasteiger partial charge on any atom is 0.317 e. The van der Waals surface area contributed by atoms with Crippen LogP contribution in [0, 0.1) is 0 Å². The quantitative estimate of drug-likeness (QED) is 0.741. The van der Waals surface area contributed by atoms with E-state index in [9.17, 15) is 9.59 Å². The summed E-state index contributed by atoms with van der Waals surface area (Å²) in [6.07, 6.45) is 3.97. The highest BCUT2D eigenvalue weighted by Crippen LogP contribution is 2.36. The number of aliphatic carboxylic acids is 1. The zero-order valence-electron chi connectivity index (χ0n) is 13.0. The second-order valence-electron chi connectivity index (χ2n) is 6.11. The molecule has 0 spiro atoms. The monoisotopic (exact) mass is 285 g/mol. The number of nitrogens with one attached hydrogen (secondary N) is 1. The van der Waals surface area contributed by atoms with Crippen LogP contribution in [0.4, 0.5) is 4.79 Å². The minimum Gasteiger partial charge on any atom is -0.481 e. The highest BCUT2D eigenvalue weighted by Gasteiger charge is 2.40. The topological polar surface area (TPSA) is 72.9 Å². The van der Waals surface area contributed by atoms with E-state index in [1.165, 1.54) is 6.42 Å².